The van der Waals surface area contributed by atoms with E-state index in [2.05, 4.69) is 29.3 Å². The second kappa shape index (κ2) is 8.10. The third-order valence-corrected chi connectivity index (χ3v) is 5.34. The summed E-state index contributed by atoms with van der Waals surface area (Å²) < 4.78 is 5.42. The molecule has 1 aliphatic carbocycles. The van der Waals surface area contributed by atoms with Crippen LogP contribution < -0.4 is 11.1 Å². The fourth-order valence-electron chi connectivity index (χ4n) is 3.73. The first-order valence-corrected chi connectivity index (χ1v) is 9.11. The van der Waals surface area contributed by atoms with E-state index >= 15 is 0 Å². The smallest absolute Gasteiger partial charge is 0.227 e. The summed E-state index contributed by atoms with van der Waals surface area (Å²) in [7, 11) is 0. The monoisotopic (exact) mass is 331 g/mol. The van der Waals surface area contributed by atoms with Gasteiger partial charge in [0.2, 0.25) is 5.91 Å². The summed E-state index contributed by atoms with van der Waals surface area (Å²) in [5.74, 6) is 0.167. The second-order valence-corrected chi connectivity index (χ2v) is 7.06. The highest BCUT2D eigenvalue weighted by Gasteiger charge is 2.25. The minimum absolute atomic E-state index is 0.0562. The Labute approximate surface area is 144 Å². The molecule has 1 saturated heterocycles. The number of nitrogens with two attached hydrogens (primary N) is 1. The van der Waals surface area contributed by atoms with Gasteiger partial charge in [-0.15, -0.1) is 0 Å². The maximum absolute atomic E-state index is 12.4. The lowest BCUT2D eigenvalue weighted by Gasteiger charge is -2.32. The minimum atomic E-state index is 0.0562. The molecule has 0 bridgehead atoms. The number of carbonyl (C=O) groups excluding carboxylic acids is 1. The van der Waals surface area contributed by atoms with Gasteiger partial charge in [-0.3, -0.25) is 9.69 Å². The van der Waals surface area contributed by atoms with Gasteiger partial charge in [0.25, 0.3) is 0 Å². The number of morpholine rings is 1. The van der Waals surface area contributed by atoms with Crippen LogP contribution in [0.1, 0.15) is 44.2 Å². The molecule has 3 rings (SSSR count). The summed E-state index contributed by atoms with van der Waals surface area (Å²) >= 11 is 0. The van der Waals surface area contributed by atoms with Crippen LogP contribution in [-0.4, -0.2) is 43.2 Å². The van der Waals surface area contributed by atoms with Crippen LogP contribution in [-0.2, 0) is 9.53 Å². The van der Waals surface area contributed by atoms with Crippen molar-refractivity contribution in [2.75, 3.05) is 31.6 Å². The lowest BCUT2D eigenvalue weighted by molar-refractivity contribution is -0.120. The predicted molar refractivity (Wildman–Crippen MR) is 95.8 cm³/mol. The van der Waals surface area contributed by atoms with Crippen molar-refractivity contribution in [3.8, 4) is 0 Å². The second-order valence-electron chi connectivity index (χ2n) is 7.06. The van der Waals surface area contributed by atoms with Crippen molar-refractivity contribution in [1.82, 2.24) is 4.90 Å². The molecule has 132 valence electrons. The van der Waals surface area contributed by atoms with Crippen LogP contribution in [0, 0.1) is 5.92 Å². The van der Waals surface area contributed by atoms with Crippen molar-refractivity contribution in [1.29, 1.82) is 0 Å². The Morgan fingerprint density at radius 1 is 1.25 bits per heavy atom. The molecule has 2 aliphatic rings. The van der Waals surface area contributed by atoms with Gasteiger partial charge in [-0.25, -0.2) is 0 Å². The van der Waals surface area contributed by atoms with Crippen LogP contribution in [0.4, 0.5) is 5.69 Å². The zero-order chi connectivity index (χ0) is 16.9. The first kappa shape index (κ1) is 17.4. The molecule has 3 atom stereocenters. The number of rotatable bonds is 4. The van der Waals surface area contributed by atoms with Crippen LogP contribution in [0.3, 0.4) is 0 Å². The summed E-state index contributed by atoms with van der Waals surface area (Å²) in [6.45, 7) is 5.79. The molecule has 1 aromatic carbocycles. The molecule has 1 saturated carbocycles. The van der Waals surface area contributed by atoms with Crippen molar-refractivity contribution < 1.29 is 9.53 Å². The molecule has 0 spiro atoms. The van der Waals surface area contributed by atoms with Crippen molar-refractivity contribution >= 4 is 11.6 Å². The van der Waals surface area contributed by atoms with Crippen molar-refractivity contribution in [2.45, 2.75) is 44.7 Å². The normalized spacial score (nSPS) is 26.8. The van der Waals surface area contributed by atoms with Crippen molar-refractivity contribution in [3.05, 3.63) is 29.8 Å². The van der Waals surface area contributed by atoms with Gasteiger partial charge < -0.3 is 15.8 Å². The fraction of sp³-hybridized carbons (Fsp3) is 0.632. The van der Waals surface area contributed by atoms with E-state index in [-0.39, 0.29) is 17.9 Å². The van der Waals surface area contributed by atoms with E-state index in [1.165, 1.54) is 5.56 Å². The van der Waals surface area contributed by atoms with Crippen LogP contribution in [0.5, 0.6) is 0 Å². The maximum Gasteiger partial charge on any atom is 0.227 e. The molecule has 3 N–H and O–H groups in total. The van der Waals surface area contributed by atoms with E-state index < -0.39 is 0 Å². The predicted octanol–water partition coefficient (Wildman–Crippen LogP) is 2.54. The topological polar surface area (TPSA) is 67.6 Å². The highest BCUT2D eigenvalue weighted by molar-refractivity contribution is 5.92. The van der Waals surface area contributed by atoms with Crippen LogP contribution in [0.15, 0.2) is 24.3 Å². The van der Waals surface area contributed by atoms with E-state index in [1.807, 2.05) is 12.1 Å². The zero-order valence-corrected chi connectivity index (χ0v) is 14.5. The number of amides is 1. The molecule has 1 aromatic rings. The molecule has 24 heavy (non-hydrogen) atoms. The summed E-state index contributed by atoms with van der Waals surface area (Å²) in [5.41, 5.74) is 8.13. The van der Waals surface area contributed by atoms with Crippen LogP contribution in [0.25, 0.3) is 0 Å². The molecule has 1 aliphatic heterocycles. The maximum atomic E-state index is 12.4. The zero-order valence-electron chi connectivity index (χ0n) is 14.5. The lowest BCUT2D eigenvalue weighted by Crippen LogP contribution is -2.38. The van der Waals surface area contributed by atoms with Gasteiger partial charge in [0.1, 0.15) is 0 Å². The van der Waals surface area contributed by atoms with Gasteiger partial charge in [0, 0.05) is 36.8 Å². The largest absolute Gasteiger partial charge is 0.379 e. The Morgan fingerprint density at radius 2 is 1.96 bits per heavy atom. The molecule has 5 heteroatoms. The van der Waals surface area contributed by atoms with Crippen LogP contribution in [0.2, 0.25) is 0 Å². The number of carbonyl (C=O) groups is 1. The number of benzene rings is 1. The quantitative estimate of drug-likeness (QED) is 0.890. The summed E-state index contributed by atoms with van der Waals surface area (Å²) in [4.78, 5) is 14.8. The Hall–Kier alpha value is -1.43. The molecule has 5 nitrogen and oxygen atoms in total. The molecule has 0 aromatic heterocycles. The standard InChI is InChI=1S/C19H29N3O2/c1-14(22-9-11-24-12-10-22)15-5-7-18(8-6-15)21-19(23)16-3-2-4-17(20)13-16/h5-8,14,16-17H,2-4,9-13,20H2,1H3,(H,21,23). The molecular weight excluding hydrogens is 302 g/mol. The fourth-order valence-corrected chi connectivity index (χ4v) is 3.73. The molecule has 2 fully saturated rings. The SMILES string of the molecule is CC(c1ccc(NC(=O)C2CCCC(N)C2)cc1)N1CCOCC1. The number of hydrogen-bond acceptors (Lipinski definition) is 4. The van der Waals surface area contributed by atoms with Crippen LogP contribution >= 0.6 is 0 Å². The van der Waals surface area contributed by atoms with Gasteiger partial charge >= 0.3 is 0 Å². The molecule has 0 radical (unpaired) electrons. The van der Waals surface area contributed by atoms with E-state index in [1.54, 1.807) is 0 Å². The minimum Gasteiger partial charge on any atom is -0.379 e. The van der Waals surface area contributed by atoms with E-state index in [4.69, 9.17) is 10.5 Å². The number of ether oxygens (including phenoxy) is 1. The Kier molecular flexibility index (Phi) is 5.87. The third kappa shape index (κ3) is 4.35. The summed E-state index contributed by atoms with van der Waals surface area (Å²) in [5, 5.41) is 3.05. The average Bonchev–Trinajstić information content (AvgIpc) is 2.62. The van der Waals surface area contributed by atoms with Crippen molar-refractivity contribution in [3.63, 3.8) is 0 Å². The van der Waals surface area contributed by atoms with Gasteiger partial charge in [-0.1, -0.05) is 18.6 Å². The van der Waals surface area contributed by atoms with Gasteiger partial charge in [0.05, 0.1) is 13.2 Å². The molecule has 1 amide bonds. The van der Waals surface area contributed by atoms with E-state index in [9.17, 15) is 4.79 Å². The average molecular weight is 331 g/mol. The number of hydrogen-bond donors (Lipinski definition) is 2. The summed E-state index contributed by atoms with van der Waals surface area (Å²) in [6.07, 6.45) is 3.84. The first-order chi connectivity index (χ1) is 11.6. The van der Waals surface area contributed by atoms with Gasteiger partial charge in [-0.05, 0) is 43.9 Å². The third-order valence-electron chi connectivity index (χ3n) is 5.34. The first-order valence-electron chi connectivity index (χ1n) is 9.11. The Balaban J connectivity index is 1.56. The molecule has 3 unspecified atom stereocenters. The summed E-state index contributed by atoms with van der Waals surface area (Å²) in [6, 6.07) is 8.78. The van der Waals surface area contributed by atoms with E-state index in [0.717, 1.165) is 57.7 Å². The highest BCUT2D eigenvalue weighted by atomic mass is 16.5. The molecule has 1 heterocycles. The highest BCUT2D eigenvalue weighted by Crippen LogP contribution is 2.26. The van der Waals surface area contributed by atoms with Crippen molar-refractivity contribution in [2.24, 2.45) is 11.7 Å². The van der Waals surface area contributed by atoms with E-state index in [0.29, 0.717) is 6.04 Å². The van der Waals surface area contributed by atoms with Gasteiger partial charge in [-0.2, -0.15) is 0 Å². The Morgan fingerprint density at radius 3 is 2.62 bits per heavy atom. The molecular formula is C19H29N3O2. The number of nitrogens with one attached hydrogen (secondary N) is 1. The lowest BCUT2D eigenvalue weighted by atomic mass is 9.85. The van der Waals surface area contributed by atoms with Gasteiger partial charge in [0.15, 0.2) is 0 Å². The Bertz CT molecular complexity index is 540. The number of anilines is 1. The number of nitrogens with zero attached hydrogens (tertiary/aromatic N) is 1.